The second-order valence-corrected chi connectivity index (χ2v) is 5.84. The van der Waals surface area contributed by atoms with E-state index in [0.29, 0.717) is 13.2 Å². The summed E-state index contributed by atoms with van der Waals surface area (Å²) in [6.45, 7) is 9.17. The van der Waals surface area contributed by atoms with Crippen molar-refractivity contribution in [2.45, 2.75) is 45.8 Å². The minimum atomic E-state index is -0.432. The zero-order chi connectivity index (χ0) is 12.9. The van der Waals surface area contributed by atoms with Crippen molar-refractivity contribution in [3.63, 3.8) is 0 Å². The maximum atomic E-state index is 9.86. The highest BCUT2D eigenvalue weighted by molar-refractivity contribution is 4.83. The van der Waals surface area contributed by atoms with Crippen molar-refractivity contribution in [3.8, 4) is 0 Å². The highest BCUT2D eigenvalue weighted by atomic mass is 16.5. The van der Waals surface area contributed by atoms with Crippen LogP contribution in [0.1, 0.15) is 33.6 Å². The van der Waals surface area contributed by atoms with Gasteiger partial charge in [0.15, 0.2) is 0 Å². The summed E-state index contributed by atoms with van der Waals surface area (Å²) in [4.78, 5) is 2.23. The van der Waals surface area contributed by atoms with Crippen LogP contribution >= 0.6 is 0 Å². The van der Waals surface area contributed by atoms with Crippen LogP contribution < -0.4 is 0 Å². The number of rotatable bonds is 6. The third kappa shape index (κ3) is 5.34. The van der Waals surface area contributed by atoms with Crippen molar-refractivity contribution in [3.05, 3.63) is 0 Å². The van der Waals surface area contributed by atoms with E-state index in [-0.39, 0.29) is 18.1 Å². The molecule has 2 N–H and O–H groups in total. The van der Waals surface area contributed by atoms with Crippen molar-refractivity contribution in [2.75, 3.05) is 32.8 Å². The van der Waals surface area contributed by atoms with Crippen LogP contribution in [-0.4, -0.2) is 60.2 Å². The van der Waals surface area contributed by atoms with E-state index in [9.17, 15) is 10.2 Å². The van der Waals surface area contributed by atoms with Crippen molar-refractivity contribution in [2.24, 2.45) is 5.41 Å². The number of ether oxygens (including phenoxy) is 1. The highest BCUT2D eigenvalue weighted by Crippen LogP contribution is 2.28. The molecule has 1 rings (SSSR count). The summed E-state index contributed by atoms with van der Waals surface area (Å²) in [5, 5.41) is 19.2. The number of aliphatic hydroxyl groups excluding tert-OH is 2. The number of piperidine rings is 1. The van der Waals surface area contributed by atoms with E-state index >= 15 is 0 Å². The molecule has 0 saturated carbocycles. The van der Waals surface area contributed by atoms with Gasteiger partial charge in [-0.2, -0.15) is 0 Å². The zero-order valence-corrected chi connectivity index (χ0v) is 11.4. The van der Waals surface area contributed by atoms with Gasteiger partial charge in [-0.3, -0.25) is 0 Å². The largest absolute Gasteiger partial charge is 0.396 e. The fourth-order valence-electron chi connectivity index (χ4n) is 2.37. The number of likely N-dealkylation sites (tertiary alicyclic amines) is 1. The van der Waals surface area contributed by atoms with Gasteiger partial charge in [-0.05, 0) is 33.2 Å². The van der Waals surface area contributed by atoms with Crippen LogP contribution in [0.5, 0.6) is 0 Å². The summed E-state index contributed by atoms with van der Waals surface area (Å²) in [6.07, 6.45) is 1.89. The van der Waals surface area contributed by atoms with E-state index in [2.05, 4.69) is 11.8 Å². The van der Waals surface area contributed by atoms with Gasteiger partial charge in [-0.1, -0.05) is 6.92 Å². The predicted octanol–water partition coefficient (Wildman–Crippen LogP) is 0.867. The van der Waals surface area contributed by atoms with Crippen LogP contribution in [0.3, 0.4) is 0 Å². The van der Waals surface area contributed by atoms with Gasteiger partial charge in [0.05, 0.1) is 18.8 Å². The molecule has 1 saturated heterocycles. The molecule has 0 aromatic rings. The first kappa shape index (κ1) is 14.9. The second kappa shape index (κ2) is 6.69. The quantitative estimate of drug-likeness (QED) is 0.729. The number of aliphatic hydroxyl groups is 2. The molecule has 4 heteroatoms. The Bertz CT molecular complexity index is 223. The molecule has 102 valence electrons. The molecular weight excluding hydrogens is 218 g/mol. The molecule has 0 aromatic carbocycles. The van der Waals surface area contributed by atoms with E-state index in [1.807, 2.05) is 13.8 Å². The summed E-state index contributed by atoms with van der Waals surface area (Å²) >= 11 is 0. The van der Waals surface area contributed by atoms with Gasteiger partial charge < -0.3 is 19.8 Å². The average molecular weight is 245 g/mol. The third-order valence-corrected chi connectivity index (χ3v) is 3.33. The van der Waals surface area contributed by atoms with E-state index < -0.39 is 6.10 Å². The van der Waals surface area contributed by atoms with Crippen molar-refractivity contribution in [1.29, 1.82) is 0 Å². The van der Waals surface area contributed by atoms with E-state index in [1.165, 1.54) is 0 Å². The lowest BCUT2D eigenvalue weighted by molar-refractivity contribution is -0.0259. The first-order valence-electron chi connectivity index (χ1n) is 6.58. The molecule has 1 fully saturated rings. The monoisotopic (exact) mass is 245 g/mol. The number of nitrogens with zero attached hydrogens (tertiary/aromatic N) is 1. The summed E-state index contributed by atoms with van der Waals surface area (Å²) < 4.78 is 5.40. The molecule has 0 radical (unpaired) electrons. The molecule has 1 aliphatic heterocycles. The Kier molecular flexibility index (Phi) is 5.86. The lowest BCUT2D eigenvalue weighted by Crippen LogP contribution is -2.47. The summed E-state index contributed by atoms with van der Waals surface area (Å²) in [5.41, 5.74) is -0.00310. The van der Waals surface area contributed by atoms with Gasteiger partial charge in [0, 0.05) is 25.1 Å². The minimum Gasteiger partial charge on any atom is -0.396 e. The van der Waals surface area contributed by atoms with E-state index in [0.717, 1.165) is 25.9 Å². The number of hydrogen-bond acceptors (Lipinski definition) is 4. The fraction of sp³-hybridized carbons (Fsp3) is 1.00. The smallest absolute Gasteiger partial charge is 0.0900 e. The Morgan fingerprint density at radius 2 is 2.12 bits per heavy atom. The maximum Gasteiger partial charge on any atom is 0.0900 e. The maximum absolute atomic E-state index is 9.86. The Morgan fingerprint density at radius 1 is 1.41 bits per heavy atom. The molecule has 0 bridgehead atoms. The molecule has 2 unspecified atom stereocenters. The van der Waals surface area contributed by atoms with Gasteiger partial charge in [0.1, 0.15) is 0 Å². The summed E-state index contributed by atoms with van der Waals surface area (Å²) in [5.74, 6) is 0. The molecule has 4 nitrogen and oxygen atoms in total. The van der Waals surface area contributed by atoms with Crippen LogP contribution in [0, 0.1) is 5.41 Å². The highest BCUT2D eigenvalue weighted by Gasteiger charge is 2.30. The molecule has 17 heavy (non-hydrogen) atoms. The normalized spacial score (nSPS) is 28.6. The molecule has 1 heterocycles. The van der Waals surface area contributed by atoms with Gasteiger partial charge in [0.25, 0.3) is 0 Å². The van der Waals surface area contributed by atoms with E-state index in [1.54, 1.807) is 0 Å². The van der Waals surface area contributed by atoms with Crippen LogP contribution in [0.15, 0.2) is 0 Å². The molecule has 2 atom stereocenters. The van der Waals surface area contributed by atoms with Crippen molar-refractivity contribution in [1.82, 2.24) is 4.90 Å². The van der Waals surface area contributed by atoms with Crippen LogP contribution in [0.4, 0.5) is 0 Å². The Labute approximate surface area is 105 Å². The van der Waals surface area contributed by atoms with Gasteiger partial charge in [-0.15, -0.1) is 0 Å². The first-order valence-corrected chi connectivity index (χ1v) is 6.58. The van der Waals surface area contributed by atoms with E-state index in [4.69, 9.17) is 4.74 Å². The van der Waals surface area contributed by atoms with Gasteiger partial charge in [-0.25, -0.2) is 0 Å². The first-order chi connectivity index (χ1) is 7.95. The summed E-state index contributed by atoms with van der Waals surface area (Å²) in [6, 6.07) is 0. The molecule has 0 aromatic heterocycles. The van der Waals surface area contributed by atoms with Crippen LogP contribution in [0.2, 0.25) is 0 Å². The molecule has 0 spiro atoms. The number of β-amino-alcohol motifs (C(OH)–C–C–N with tert-alkyl or cyclic N) is 1. The Hall–Kier alpha value is -0.160. The molecule has 1 aliphatic rings. The average Bonchev–Trinajstić information content (AvgIpc) is 2.26. The van der Waals surface area contributed by atoms with Gasteiger partial charge in [0.2, 0.25) is 0 Å². The van der Waals surface area contributed by atoms with Gasteiger partial charge >= 0.3 is 0 Å². The second-order valence-electron chi connectivity index (χ2n) is 5.84. The Morgan fingerprint density at radius 3 is 2.71 bits per heavy atom. The Balaban J connectivity index is 2.30. The van der Waals surface area contributed by atoms with Crippen molar-refractivity contribution < 1.29 is 14.9 Å². The zero-order valence-electron chi connectivity index (χ0n) is 11.4. The lowest BCUT2D eigenvalue weighted by atomic mass is 9.83. The molecule has 0 amide bonds. The lowest BCUT2D eigenvalue weighted by Gasteiger charge is -2.40. The standard InChI is InChI=1S/C13H27NO3/c1-11(2)17-8-12(16)7-14-6-4-5-13(3,9-14)10-15/h11-12,15-16H,4-10H2,1-3H3. The molecule has 0 aliphatic carbocycles. The predicted molar refractivity (Wildman–Crippen MR) is 68.0 cm³/mol. The topological polar surface area (TPSA) is 52.9 Å². The fourth-order valence-corrected chi connectivity index (χ4v) is 2.37. The SMILES string of the molecule is CC(C)OCC(O)CN1CCCC(C)(CO)C1. The third-order valence-electron chi connectivity index (χ3n) is 3.33. The van der Waals surface area contributed by atoms with Crippen LogP contribution in [-0.2, 0) is 4.74 Å². The molecular formula is C13H27NO3. The number of hydrogen-bond donors (Lipinski definition) is 2. The van der Waals surface area contributed by atoms with Crippen LogP contribution in [0.25, 0.3) is 0 Å². The van der Waals surface area contributed by atoms with Crippen molar-refractivity contribution >= 4 is 0 Å². The summed E-state index contributed by atoms with van der Waals surface area (Å²) in [7, 11) is 0. The minimum absolute atomic E-state index is 0.00310.